The number of carboxylic acid groups (broad SMARTS) is 1. The minimum Gasteiger partial charge on any atom is -0.494 e. The van der Waals surface area contributed by atoms with E-state index in [0.29, 0.717) is 41.1 Å². The Balaban J connectivity index is 1.43. The lowest BCUT2D eigenvalue weighted by atomic mass is 10.0. The number of H-pyrrole nitrogens is 1. The number of aliphatic imine (C=N–C) groups is 1. The van der Waals surface area contributed by atoms with Crippen molar-refractivity contribution in [1.82, 2.24) is 14.9 Å². The number of hydrogen-bond donors (Lipinski definition) is 3. The Morgan fingerprint density at radius 3 is 2.35 bits per heavy atom. The number of aromatic hydroxyl groups is 1. The van der Waals surface area contributed by atoms with E-state index in [0.717, 1.165) is 5.56 Å². The number of carbonyl (C=O) groups excluding carboxylic acids is 1. The first-order chi connectivity index (χ1) is 19.1. The molecule has 5 rings (SSSR count). The molecule has 1 amide bonds. The Morgan fingerprint density at radius 1 is 1.02 bits per heavy atom. The zero-order valence-corrected chi connectivity index (χ0v) is 22.4. The number of rotatable bonds is 7. The topological polar surface area (TPSA) is 156 Å². The van der Waals surface area contributed by atoms with Gasteiger partial charge in [0.05, 0.1) is 35.0 Å². The third kappa shape index (κ3) is 5.72. The van der Waals surface area contributed by atoms with Crippen LogP contribution in [-0.2, 0) is 14.6 Å². The third-order valence-corrected chi connectivity index (χ3v) is 8.40. The van der Waals surface area contributed by atoms with Gasteiger partial charge in [-0.2, -0.15) is 0 Å². The quantitative estimate of drug-likeness (QED) is 0.291. The maximum Gasteiger partial charge on any atom is 0.354 e. The molecule has 0 unspecified atom stereocenters. The summed E-state index contributed by atoms with van der Waals surface area (Å²) in [6, 6.07) is 19.2. The van der Waals surface area contributed by atoms with E-state index >= 15 is 0 Å². The first kappa shape index (κ1) is 27.0. The molecule has 0 saturated carbocycles. The second kappa shape index (κ2) is 10.9. The molecule has 206 valence electrons. The van der Waals surface area contributed by atoms with E-state index in [1.807, 2.05) is 35.2 Å². The number of pyridine rings is 1. The predicted octanol–water partition coefficient (Wildman–Crippen LogP) is 2.83. The predicted molar refractivity (Wildman–Crippen MR) is 151 cm³/mol. The van der Waals surface area contributed by atoms with E-state index in [4.69, 9.17) is 4.99 Å². The number of amides is 1. The average Bonchev–Trinajstić information content (AvgIpc) is 3.27. The number of nitrogens with one attached hydrogen (secondary N) is 1. The smallest absolute Gasteiger partial charge is 0.354 e. The van der Waals surface area contributed by atoms with Crippen LogP contribution < -0.4 is 4.90 Å². The van der Waals surface area contributed by atoms with Crippen molar-refractivity contribution < 1.29 is 28.2 Å². The van der Waals surface area contributed by atoms with Crippen LogP contribution in [0.3, 0.4) is 0 Å². The third-order valence-electron chi connectivity index (χ3n) is 6.79. The summed E-state index contributed by atoms with van der Waals surface area (Å²) in [6.07, 6.45) is 0. The van der Waals surface area contributed by atoms with Gasteiger partial charge in [0.25, 0.3) is 0 Å². The van der Waals surface area contributed by atoms with E-state index in [9.17, 15) is 28.2 Å². The van der Waals surface area contributed by atoms with Gasteiger partial charge in [-0.25, -0.2) is 23.2 Å². The first-order valence-electron chi connectivity index (χ1n) is 12.5. The molecule has 40 heavy (non-hydrogen) atoms. The van der Waals surface area contributed by atoms with Crippen molar-refractivity contribution in [3.05, 3.63) is 83.6 Å². The van der Waals surface area contributed by atoms with Gasteiger partial charge >= 0.3 is 5.97 Å². The Morgan fingerprint density at radius 2 is 1.70 bits per heavy atom. The normalized spacial score (nSPS) is 15.7. The van der Waals surface area contributed by atoms with Crippen molar-refractivity contribution in [2.45, 2.75) is 0 Å². The monoisotopic (exact) mass is 561 g/mol. The highest BCUT2D eigenvalue weighted by atomic mass is 32.2. The molecule has 3 heterocycles. The average molecular weight is 562 g/mol. The maximum atomic E-state index is 12.8. The lowest BCUT2D eigenvalue weighted by Gasteiger charge is -2.28. The van der Waals surface area contributed by atoms with Crippen molar-refractivity contribution in [3.8, 4) is 5.88 Å². The van der Waals surface area contributed by atoms with Gasteiger partial charge in [0, 0.05) is 36.8 Å². The van der Waals surface area contributed by atoms with E-state index in [1.54, 1.807) is 37.4 Å². The molecular weight excluding hydrogens is 534 g/mol. The van der Waals surface area contributed by atoms with Crippen molar-refractivity contribution >= 4 is 49.8 Å². The molecule has 12 heteroatoms. The van der Waals surface area contributed by atoms with Gasteiger partial charge in [-0.05, 0) is 36.4 Å². The molecule has 0 radical (unpaired) electrons. The SMILES string of the molecule is CN(C(=O)CN1CCS(=O)(=O)CC1)c1ccc(N=C(c2ccccc2)c2c(O)[nH]c3nc(C(=O)O)ccc23)cc1. The molecule has 0 spiro atoms. The number of sulfone groups is 1. The summed E-state index contributed by atoms with van der Waals surface area (Å²) in [5.74, 6) is -1.41. The molecule has 3 N–H and O–H groups in total. The molecule has 0 bridgehead atoms. The maximum absolute atomic E-state index is 12.8. The Kier molecular flexibility index (Phi) is 7.37. The van der Waals surface area contributed by atoms with Crippen molar-refractivity contribution in [1.29, 1.82) is 0 Å². The summed E-state index contributed by atoms with van der Waals surface area (Å²) in [5.41, 5.74) is 2.83. The van der Waals surface area contributed by atoms with Gasteiger partial charge in [0.15, 0.2) is 21.4 Å². The number of benzene rings is 2. The molecule has 2 aromatic heterocycles. The molecule has 1 saturated heterocycles. The molecule has 2 aromatic carbocycles. The summed E-state index contributed by atoms with van der Waals surface area (Å²) >= 11 is 0. The van der Waals surface area contributed by atoms with E-state index in [1.165, 1.54) is 11.0 Å². The van der Waals surface area contributed by atoms with Gasteiger partial charge in [0.2, 0.25) is 5.91 Å². The van der Waals surface area contributed by atoms with Gasteiger partial charge in [-0.1, -0.05) is 30.3 Å². The number of likely N-dealkylation sites (N-methyl/N-ethyl adjacent to an activating group) is 1. The summed E-state index contributed by atoms with van der Waals surface area (Å²) < 4.78 is 23.3. The number of aromatic amines is 1. The Labute approximate surface area is 230 Å². The highest BCUT2D eigenvalue weighted by Crippen LogP contribution is 2.31. The number of fused-ring (bicyclic) bond motifs is 1. The van der Waals surface area contributed by atoms with Crippen LogP contribution in [0, 0.1) is 0 Å². The summed E-state index contributed by atoms with van der Waals surface area (Å²) in [6.45, 7) is 0.804. The molecule has 11 nitrogen and oxygen atoms in total. The second-order valence-electron chi connectivity index (χ2n) is 9.47. The second-order valence-corrected chi connectivity index (χ2v) is 11.8. The van der Waals surface area contributed by atoms with Gasteiger partial charge in [0.1, 0.15) is 5.65 Å². The van der Waals surface area contributed by atoms with Crippen LogP contribution in [0.5, 0.6) is 5.88 Å². The molecule has 1 aliphatic heterocycles. The Bertz CT molecular complexity index is 1700. The molecule has 0 aliphatic carbocycles. The van der Waals surface area contributed by atoms with Crippen LogP contribution in [0.15, 0.2) is 71.7 Å². The zero-order chi connectivity index (χ0) is 28.4. The fourth-order valence-corrected chi connectivity index (χ4v) is 5.78. The lowest BCUT2D eigenvalue weighted by Crippen LogP contribution is -2.45. The molecule has 1 aliphatic rings. The van der Waals surface area contributed by atoms with Crippen molar-refractivity contribution in [2.24, 2.45) is 4.99 Å². The fourth-order valence-electron chi connectivity index (χ4n) is 4.51. The fraction of sp³-hybridized carbons (Fsp3) is 0.214. The van der Waals surface area contributed by atoms with Crippen molar-refractivity contribution in [2.75, 3.05) is 43.1 Å². The summed E-state index contributed by atoms with van der Waals surface area (Å²) in [5, 5.41) is 20.6. The number of hydrogen-bond acceptors (Lipinski definition) is 8. The zero-order valence-electron chi connectivity index (χ0n) is 21.6. The number of aromatic carboxylic acids is 1. The largest absolute Gasteiger partial charge is 0.494 e. The molecule has 0 atom stereocenters. The van der Waals surface area contributed by atoms with Crippen molar-refractivity contribution in [3.63, 3.8) is 0 Å². The summed E-state index contributed by atoms with van der Waals surface area (Å²) in [4.78, 5) is 39.2. The number of anilines is 1. The molecule has 4 aromatic rings. The van der Waals surface area contributed by atoms with Gasteiger partial charge < -0.3 is 20.1 Å². The van der Waals surface area contributed by atoms with Crippen LogP contribution in [0.1, 0.15) is 21.6 Å². The van der Waals surface area contributed by atoms with E-state index in [-0.39, 0.29) is 41.2 Å². The highest BCUT2D eigenvalue weighted by molar-refractivity contribution is 7.91. The van der Waals surface area contributed by atoms with Crippen LogP contribution in [0.2, 0.25) is 0 Å². The lowest BCUT2D eigenvalue weighted by molar-refractivity contribution is -0.119. The highest BCUT2D eigenvalue weighted by Gasteiger charge is 2.25. The van der Waals surface area contributed by atoms with Gasteiger partial charge in [-0.3, -0.25) is 9.69 Å². The molecular formula is C28H27N5O6S. The number of carbonyl (C=O) groups is 2. The number of aromatic nitrogens is 2. The van der Waals surface area contributed by atoms with Crippen LogP contribution in [0.4, 0.5) is 11.4 Å². The van der Waals surface area contributed by atoms with E-state index in [2.05, 4.69) is 9.97 Å². The van der Waals surface area contributed by atoms with Crippen LogP contribution >= 0.6 is 0 Å². The first-order valence-corrected chi connectivity index (χ1v) is 14.3. The molecule has 1 fully saturated rings. The standard InChI is InChI=1S/C28H27N5O6S/c1-32(23(34)17-33-13-15-40(38,39)16-14-33)20-9-7-19(8-10-20)29-25(18-5-3-2-4-6-18)24-21-11-12-22(28(36)37)30-26(21)31-27(24)35/h2-12,35H,13-17H2,1H3,(H,30,31)(H,36,37). The number of nitrogens with zero attached hydrogens (tertiary/aromatic N) is 4. The Hall–Kier alpha value is -4.55. The van der Waals surface area contributed by atoms with Crippen LogP contribution in [0.25, 0.3) is 11.0 Å². The number of carboxylic acids is 1. The minimum atomic E-state index is -3.02. The minimum absolute atomic E-state index is 0.0587. The van der Waals surface area contributed by atoms with Gasteiger partial charge in [-0.15, -0.1) is 0 Å². The van der Waals surface area contributed by atoms with E-state index < -0.39 is 15.8 Å². The summed E-state index contributed by atoms with van der Waals surface area (Å²) in [7, 11) is -1.35. The van der Waals surface area contributed by atoms with Crippen LogP contribution in [-0.4, -0.2) is 89.3 Å².